The maximum absolute atomic E-state index is 13.4. The predicted octanol–water partition coefficient (Wildman–Crippen LogP) is 4.91. The normalized spacial score (nSPS) is 17.4. The standard InChI is InChI=1S/C28H32N2O5/c1-17-8-5-6-9-20(17)25-18(16-30(19-11-12-19)28(31)23-10-7-13-35-23)14-21-22(29-25)15-24(32-2)27(34-4)26(21)33-3/h5-6,8-9,14-15,19,23H,7,10-13,16H2,1-4H3. The molecule has 1 atom stereocenters. The molecule has 7 nitrogen and oxygen atoms in total. The lowest BCUT2D eigenvalue weighted by molar-refractivity contribution is -0.142. The number of hydrogen-bond acceptors (Lipinski definition) is 6. The number of benzene rings is 2. The summed E-state index contributed by atoms with van der Waals surface area (Å²) in [4.78, 5) is 20.5. The summed E-state index contributed by atoms with van der Waals surface area (Å²) in [6.07, 6.45) is 3.42. The molecule has 2 aromatic carbocycles. The summed E-state index contributed by atoms with van der Waals surface area (Å²) in [5.74, 6) is 1.73. The Bertz CT molecular complexity index is 1250. The molecule has 1 saturated carbocycles. The van der Waals surface area contributed by atoms with Gasteiger partial charge in [-0.1, -0.05) is 24.3 Å². The quantitative estimate of drug-likeness (QED) is 0.460. The highest BCUT2D eigenvalue weighted by Crippen LogP contribution is 2.44. The Kier molecular flexibility index (Phi) is 6.52. The van der Waals surface area contributed by atoms with Crippen molar-refractivity contribution < 1.29 is 23.7 Å². The van der Waals surface area contributed by atoms with E-state index in [-0.39, 0.29) is 18.1 Å². The zero-order valence-corrected chi connectivity index (χ0v) is 20.8. The predicted molar refractivity (Wildman–Crippen MR) is 134 cm³/mol. The smallest absolute Gasteiger partial charge is 0.252 e. The number of aromatic nitrogens is 1. The number of carbonyl (C=O) groups excluding carboxylic acids is 1. The lowest BCUT2D eigenvalue weighted by Gasteiger charge is -2.27. The summed E-state index contributed by atoms with van der Waals surface area (Å²) < 4.78 is 22.7. The molecule has 1 amide bonds. The number of amides is 1. The van der Waals surface area contributed by atoms with Gasteiger partial charge in [-0.15, -0.1) is 0 Å². The third-order valence-electron chi connectivity index (χ3n) is 6.92. The fourth-order valence-electron chi connectivity index (χ4n) is 4.94. The molecule has 184 valence electrons. The van der Waals surface area contributed by atoms with Crippen LogP contribution in [0.5, 0.6) is 17.2 Å². The van der Waals surface area contributed by atoms with E-state index in [0.29, 0.717) is 30.4 Å². The lowest BCUT2D eigenvalue weighted by atomic mass is 9.98. The largest absolute Gasteiger partial charge is 0.493 e. The van der Waals surface area contributed by atoms with Crippen molar-refractivity contribution >= 4 is 16.8 Å². The van der Waals surface area contributed by atoms with Crippen molar-refractivity contribution in [2.24, 2.45) is 0 Å². The van der Waals surface area contributed by atoms with Crippen LogP contribution in [-0.2, 0) is 16.1 Å². The molecule has 7 heteroatoms. The summed E-state index contributed by atoms with van der Waals surface area (Å²) in [6, 6.07) is 12.4. The van der Waals surface area contributed by atoms with Crippen LogP contribution in [-0.4, -0.2) is 55.9 Å². The van der Waals surface area contributed by atoms with Gasteiger partial charge in [-0.25, -0.2) is 4.98 Å². The average Bonchev–Trinajstić information content (AvgIpc) is 3.57. The summed E-state index contributed by atoms with van der Waals surface area (Å²) in [7, 11) is 4.81. The molecule has 0 bridgehead atoms. The van der Waals surface area contributed by atoms with E-state index in [1.807, 2.05) is 23.1 Å². The Balaban J connectivity index is 1.68. The fourth-order valence-corrected chi connectivity index (χ4v) is 4.94. The first-order valence-electron chi connectivity index (χ1n) is 12.2. The lowest BCUT2D eigenvalue weighted by Crippen LogP contribution is -2.40. The Morgan fingerprint density at radius 3 is 2.46 bits per heavy atom. The van der Waals surface area contributed by atoms with Crippen molar-refractivity contribution in [2.75, 3.05) is 27.9 Å². The number of nitrogens with zero attached hydrogens (tertiary/aromatic N) is 2. The highest BCUT2D eigenvalue weighted by molar-refractivity contribution is 5.93. The van der Waals surface area contributed by atoms with Gasteiger partial charge in [0.25, 0.3) is 5.91 Å². The van der Waals surface area contributed by atoms with Crippen molar-refractivity contribution in [3.63, 3.8) is 0 Å². The summed E-state index contributed by atoms with van der Waals surface area (Å²) >= 11 is 0. The van der Waals surface area contributed by atoms with Gasteiger partial charge in [0.2, 0.25) is 5.75 Å². The monoisotopic (exact) mass is 476 g/mol. The van der Waals surface area contributed by atoms with E-state index in [1.165, 1.54) is 0 Å². The molecule has 1 unspecified atom stereocenters. The first-order valence-corrected chi connectivity index (χ1v) is 12.2. The maximum atomic E-state index is 13.4. The number of fused-ring (bicyclic) bond motifs is 1. The fraction of sp³-hybridized carbons (Fsp3) is 0.429. The summed E-state index contributed by atoms with van der Waals surface area (Å²) in [5, 5.41) is 0.817. The SMILES string of the molecule is COc1cc2nc(-c3ccccc3C)c(CN(C(=O)C3CCCO3)C3CC3)cc2c(OC)c1OC. The van der Waals surface area contributed by atoms with Crippen molar-refractivity contribution in [3.05, 3.63) is 47.5 Å². The molecule has 0 N–H and O–H groups in total. The number of carbonyl (C=O) groups is 1. The van der Waals surface area contributed by atoms with Crippen LogP contribution in [0, 0.1) is 6.92 Å². The van der Waals surface area contributed by atoms with Gasteiger partial charge < -0.3 is 23.8 Å². The number of hydrogen-bond donors (Lipinski definition) is 0. The number of pyridine rings is 1. The zero-order chi connectivity index (χ0) is 24.5. The molecule has 5 rings (SSSR count). The van der Waals surface area contributed by atoms with Crippen LogP contribution in [0.4, 0.5) is 0 Å². The van der Waals surface area contributed by atoms with E-state index >= 15 is 0 Å². The third-order valence-corrected chi connectivity index (χ3v) is 6.92. The highest BCUT2D eigenvalue weighted by Gasteiger charge is 2.38. The second-order valence-electron chi connectivity index (χ2n) is 9.22. The van der Waals surface area contributed by atoms with Crippen molar-refractivity contribution in [1.82, 2.24) is 9.88 Å². The van der Waals surface area contributed by atoms with Gasteiger partial charge >= 0.3 is 0 Å². The zero-order valence-electron chi connectivity index (χ0n) is 20.8. The molecule has 3 aromatic rings. The Morgan fingerprint density at radius 1 is 1.06 bits per heavy atom. The minimum atomic E-state index is -0.343. The Labute approximate surface area is 205 Å². The van der Waals surface area contributed by atoms with Crippen molar-refractivity contribution in [2.45, 2.75) is 51.3 Å². The van der Waals surface area contributed by atoms with Crippen LogP contribution in [0.2, 0.25) is 0 Å². The number of rotatable bonds is 8. The third kappa shape index (κ3) is 4.41. The number of ether oxygens (including phenoxy) is 4. The van der Waals surface area contributed by atoms with Crippen molar-refractivity contribution in [3.8, 4) is 28.5 Å². The van der Waals surface area contributed by atoms with E-state index < -0.39 is 0 Å². The van der Waals surface area contributed by atoms with Gasteiger partial charge in [0.05, 0.1) is 32.5 Å². The molecule has 1 aromatic heterocycles. The molecule has 2 fully saturated rings. The van der Waals surface area contributed by atoms with E-state index in [1.54, 1.807) is 21.3 Å². The minimum Gasteiger partial charge on any atom is -0.493 e. The molecule has 1 saturated heterocycles. The molecule has 1 aliphatic heterocycles. The topological polar surface area (TPSA) is 70.1 Å². The summed E-state index contributed by atoms with van der Waals surface area (Å²) in [5.41, 5.74) is 4.73. The van der Waals surface area contributed by atoms with Gasteiger partial charge in [0.15, 0.2) is 11.5 Å². The first kappa shape index (κ1) is 23.4. The highest BCUT2D eigenvalue weighted by atomic mass is 16.5. The molecule has 2 heterocycles. The number of methoxy groups -OCH3 is 3. The van der Waals surface area contributed by atoms with Crippen LogP contribution >= 0.6 is 0 Å². The summed E-state index contributed by atoms with van der Waals surface area (Å²) in [6.45, 7) is 3.20. The van der Waals surface area contributed by atoms with Crippen molar-refractivity contribution in [1.29, 1.82) is 0 Å². The Morgan fingerprint density at radius 2 is 1.83 bits per heavy atom. The van der Waals surface area contributed by atoms with Crippen LogP contribution in [0.3, 0.4) is 0 Å². The van der Waals surface area contributed by atoms with Gasteiger partial charge in [0, 0.05) is 36.2 Å². The van der Waals surface area contributed by atoms with E-state index in [0.717, 1.165) is 59.0 Å². The van der Waals surface area contributed by atoms with Crippen LogP contribution < -0.4 is 14.2 Å². The minimum absolute atomic E-state index is 0.0834. The van der Waals surface area contributed by atoms with Crippen LogP contribution in [0.25, 0.3) is 22.2 Å². The average molecular weight is 477 g/mol. The second kappa shape index (κ2) is 9.74. The second-order valence-corrected chi connectivity index (χ2v) is 9.22. The molecule has 2 aliphatic rings. The number of aryl methyl sites for hydroxylation is 1. The van der Waals surface area contributed by atoms with E-state index in [9.17, 15) is 4.79 Å². The van der Waals surface area contributed by atoms with Gasteiger partial charge in [0.1, 0.15) is 6.10 Å². The van der Waals surface area contributed by atoms with Gasteiger partial charge in [-0.2, -0.15) is 0 Å². The van der Waals surface area contributed by atoms with Gasteiger partial charge in [-0.3, -0.25) is 4.79 Å². The first-order chi connectivity index (χ1) is 17.0. The molecular weight excluding hydrogens is 444 g/mol. The van der Waals surface area contributed by atoms with Crippen LogP contribution in [0.1, 0.15) is 36.8 Å². The maximum Gasteiger partial charge on any atom is 0.252 e. The molecule has 1 aliphatic carbocycles. The van der Waals surface area contributed by atoms with E-state index in [4.69, 9.17) is 23.9 Å². The molecule has 0 spiro atoms. The van der Waals surface area contributed by atoms with Crippen LogP contribution in [0.15, 0.2) is 36.4 Å². The van der Waals surface area contributed by atoms with E-state index in [2.05, 4.69) is 25.1 Å². The molecular formula is C28H32N2O5. The molecule has 0 radical (unpaired) electrons. The molecule has 35 heavy (non-hydrogen) atoms. The Hall–Kier alpha value is -3.32. The van der Waals surface area contributed by atoms with Gasteiger partial charge in [-0.05, 0) is 49.8 Å².